The molecule has 7 N–H and O–H groups in total. The van der Waals surface area contributed by atoms with Gasteiger partial charge in [-0.2, -0.15) is 0 Å². The molecule has 3 aliphatic rings. The Balaban J connectivity index is 0.00000306. The minimum Gasteiger partial charge on any atom is -0.510 e. The van der Waals surface area contributed by atoms with Gasteiger partial charge in [0.2, 0.25) is 5.78 Å². The summed E-state index contributed by atoms with van der Waals surface area (Å²) in [5.41, 5.74) is 0.739. The van der Waals surface area contributed by atoms with Crippen LogP contribution in [-0.4, -0.2) is 73.6 Å². The number of hydrogen-bond acceptors (Lipinski definition) is 9. The number of likely N-dealkylation sites (N-methyl/N-ethyl adjacent to an activating group) is 1. The Bertz CT molecular complexity index is 1160. The molecule has 12 heteroatoms. The molecule has 33 heavy (non-hydrogen) atoms. The Hall–Kier alpha value is -2.63. The predicted octanol–water partition coefficient (Wildman–Crippen LogP) is 0.687. The lowest BCUT2D eigenvalue weighted by molar-refractivity contribution is -0.149. The minimum absolute atomic E-state index is 0. The van der Waals surface area contributed by atoms with Crippen molar-refractivity contribution < 1.29 is 39.9 Å². The first-order chi connectivity index (χ1) is 14.8. The van der Waals surface area contributed by atoms with Gasteiger partial charge in [0.1, 0.15) is 22.8 Å². The smallest absolute Gasteiger partial charge is 0.255 e. The molecule has 1 aromatic rings. The molecule has 0 unspecified atom stereocenters. The van der Waals surface area contributed by atoms with Crippen LogP contribution in [0.25, 0.3) is 0 Å². The van der Waals surface area contributed by atoms with E-state index in [1.807, 2.05) is 0 Å². The number of rotatable bonds is 2. The molecule has 0 aliphatic heterocycles. The number of carbonyl (C=O) groups is 3. The van der Waals surface area contributed by atoms with Gasteiger partial charge in [-0.05, 0) is 32.6 Å². The molecule has 0 radical (unpaired) electrons. The third-order valence-corrected chi connectivity index (χ3v) is 6.97. The quantitative estimate of drug-likeness (QED) is 0.318. The zero-order chi connectivity index (χ0) is 23.9. The minimum atomic E-state index is -2.77. The van der Waals surface area contributed by atoms with Crippen molar-refractivity contribution in [3.8, 4) is 5.75 Å². The Morgan fingerprint density at radius 1 is 1.21 bits per heavy atom. The predicted molar refractivity (Wildman–Crippen MR) is 117 cm³/mol. The molecule has 0 saturated carbocycles. The average molecular weight is 501 g/mol. The second kappa shape index (κ2) is 8.00. The van der Waals surface area contributed by atoms with E-state index in [2.05, 4.69) is 0 Å². The molecular weight excluding hydrogens is 479 g/mol. The fraction of sp³-hybridized carbons (Fsp3) is 0.381. The highest BCUT2D eigenvalue weighted by atomic mass is 35.5. The number of benzene rings is 1. The number of aliphatic hydroxyl groups excluding tert-OH is 3. The first-order valence-electron chi connectivity index (χ1n) is 9.69. The average Bonchev–Trinajstić information content (AvgIpc) is 2.69. The monoisotopic (exact) mass is 500 g/mol. The topological polar surface area (TPSA) is 182 Å². The van der Waals surface area contributed by atoms with Crippen LogP contribution in [0.1, 0.15) is 28.4 Å². The zero-order valence-corrected chi connectivity index (χ0v) is 19.0. The Morgan fingerprint density at radius 2 is 1.82 bits per heavy atom. The number of Topliss-reactive ketones (excluding diaryl/α,β-unsaturated/α-hetero) is 2. The van der Waals surface area contributed by atoms with Crippen LogP contribution in [-0.2, 0) is 9.59 Å². The lowest BCUT2D eigenvalue weighted by Gasteiger charge is -2.50. The van der Waals surface area contributed by atoms with Crippen LogP contribution in [0.4, 0.5) is 0 Å². The van der Waals surface area contributed by atoms with E-state index < -0.39 is 75.5 Å². The summed E-state index contributed by atoms with van der Waals surface area (Å²) in [4.78, 5) is 39.7. The number of aliphatic hydroxyl groups is 4. The highest BCUT2D eigenvalue weighted by molar-refractivity contribution is 6.33. The summed E-state index contributed by atoms with van der Waals surface area (Å²) < 4.78 is 0. The van der Waals surface area contributed by atoms with Crippen molar-refractivity contribution >= 4 is 41.5 Å². The van der Waals surface area contributed by atoms with E-state index in [0.29, 0.717) is 0 Å². The van der Waals surface area contributed by atoms with Gasteiger partial charge >= 0.3 is 0 Å². The van der Waals surface area contributed by atoms with Gasteiger partial charge < -0.3 is 31.3 Å². The first-order valence-corrected chi connectivity index (χ1v) is 10.1. The van der Waals surface area contributed by atoms with E-state index in [1.54, 1.807) is 0 Å². The van der Waals surface area contributed by atoms with Crippen molar-refractivity contribution in [3.63, 3.8) is 0 Å². The molecule has 5 atom stereocenters. The molecular formula is C21H22Cl2N2O8. The van der Waals surface area contributed by atoms with E-state index in [-0.39, 0.29) is 35.0 Å². The molecule has 10 nitrogen and oxygen atoms in total. The maximum Gasteiger partial charge on any atom is 0.255 e. The number of halogens is 2. The number of aromatic hydroxyl groups is 1. The van der Waals surface area contributed by atoms with Crippen LogP contribution in [0.15, 0.2) is 34.8 Å². The molecule has 0 bridgehead atoms. The maximum atomic E-state index is 13.3. The number of hydrogen-bond donors (Lipinski definition) is 6. The third kappa shape index (κ3) is 3.09. The summed E-state index contributed by atoms with van der Waals surface area (Å²) in [6, 6.07) is 1.30. The number of amides is 1. The summed E-state index contributed by atoms with van der Waals surface area (Å²) in [5.74, 6) is -8.18. The van der Waals surface area contributed by atoms with Crippen LogP contribution in [0.5, 0.6) is 5.75 Å². The summed E-state index contributed by atoms with van der Waals surface area (Å²) in [6.07, 6.45) is -1.70. The van der Waals surface area contributed by atoms with Crippen molar-refractivity contribution in [2.75, 3.05) is 14.1 Å². The second-order valence-electron chi connectivity index (χ2n) is 8.47. The SMILES string of the molecule is CN(C)[C@@H]1C(O)=C(C(N)=O)C(=O)[C@@]2(O)C(O)=C3C(=O)c4c(O)ccc(Cl)c4[C@@H](O)[C@H]3C[C@H]12.Cl. The fourth-order valence-electron chi connectivity index (χ4n) is 5.25. The fourth-order valence-corrected chi connectivity index (χ4v) is 5.52. The number of ketones is 2. The number of phenols is 1. The molecule has 4 rings (SSSR count). The summed E-state index contributed by atoms with van der Waals surface area (Å²) >= 11 is 6.17. The number of nitrogens with zero attached hydrogens (tertiary/aromatic N) is 1. The molecule has 1 amide bonds. The first kappa shape index (κ1) is 25.0. The highest BCUT2D eigenvalue weighted by Gasteiger charge is 2.64. The number of primary amides is 1. The molecule has 0 fully saturated rings. The molecule has 3 aliphatic carbocycles. The second-order valence-corrected chi connectivity index (χ2v) is 8.88. The molecule has 1 aromatic carbocycles. The Labute approximate surface area is 199 Å². The number of fused-ring (bicyclic) bond motifs is 3. The zero-order valence-electron chi connectivity index (χ0n) is 17.4. The van der Waals surface area contributed by atoms with E-state index in [1.165, 1.54) is 25.1 Å². The van der Waals surface area contributed by atoms with Crippen molar-refractivity contribution in [2.24, 2.45) is 17.6 Å². The van der Waals surface area contributed by atoms with E-state index in [4.69, 9.17) is 17.3 Å². The van der Waals surface area contributed by atoms with Crippen molar-refractivity contribution in [3.05, 3.63) is 50.9 Å². The van der Waals surface area contributed by atoms with Crippen molar-refractivity contribution in [1.82, 2.24) is 4.90 Å². The summed E-state index contributed by atoms with van der Waals surface area (Å²) in [7, 11) is 3.03. The maximum absolute atomic E-state index is 13.3. The van der Waals surface area contributed by atoms with Gasteiger partial charge in [-0.1, -0.05) is 11.6 Å². The van der Waals surface area contributed by atoms with Crippen LogP contribution in [0.3, 0.4) is 0 Å². The van der Waals surface area contributed by atoms with E-state index >= 15 is 0 Å². The molecule has 0 spiro atoms. The molecule has 0 saturated heterocycles. The van der Waals surface area contributed by atoms with Crippen LogP contribution in [0.2, 0.25) is 5.02 Å². The van der Waals surface area contributed by atoms with Gasteiger partial charge in [0.25, 0.3) is 5.91 Å². The molecule has 178 valence electrons. The standard InChI is InChI=1S/C21H21ClN2O8.ClH/c1-24(2)14-7-5-6-10(16(27)12-9(25)4-3-8(22)11(12)15(6)26)18(29)21(7,32)19(30)13(17(14)28)20(23)31;/h3-4,6-7,14-15,25-26,28-29,32H,5H2,1-2H3,(H2,23,31);1H/t6-,7+,14-,15-,21-;/m0./s1. The van der Waals surface area contributed by atoms with Crippen LogP contribution < -0.4 is 5.73 Å². The number of phenolic OH excluding ortho intramolecular Hbond substituents is 1. The van der Waals surface area contributed by atoms with Crippen LogP contribution >= 0.6 is 24.0 Å². The largest absolute Gasteiger partial charge is 0.510 e. The lowest BCUT2D eigenvalue weighted by atomic mass is 9.58. The van der Waals surface area contributed by atoms with Gasteiger partial charge in [-0.15, -0.1) is 12.4 Å². The van der Waals surface area contributed by atoms with Gasteiger partial charge in [0.15, 0.2) is 11.4 Å². The highest BCUT2D eigenvalue weighted by Crippen LogP contribution is 2.55. The number of carbonyl (C=O) groups excluding carboxylic acids is 3. The molecule has 0 heterocycles. The third-order valence-electron chi connectivity index (χ3n) is 6.64. The Kier molecular flexibility index (Phi) is 6.06. The Morgan fingerprint density at radius 3 is 2.36 bits per heavy atom. The van der Waals surface area contributed by atoms with Crippen LogP contribution in [0, 0.1) is 11.8 Å². The van der Waals surface area contributed by atoms with Crippen molar-refractivity contribution in [2.45, 2.75) is 24.2 Å². The summed E-state index contributed by atoms with van der Waals surface area (Å²) in [6.45, 7) is 0. The van der Waals surface area contributed by atoms with E-state index in [0.717, 1.165) is 6.07 Å². The van der Waals surface area contributed by atoms with Gasteiger partial charge in [0.05, 0.1) is 17.7 Å². The number of nitrogens with two attached hydrogens (primary N) is 1. The lowest BCUT2D eigenvalue weighted by Crippen LogP contribution is -2.64. The normalized spacial score (nSPS) is 31.1. The van der Waals surface area contributed by atoms with Crippen molar-refractivity contribution in [1.29, 1.82) is 0 Å². The van der Waals surface area contributed by atoms with Gasteiger partial charge in [-0.25, -0.2) is 0 Å². The van der Waals surface area contributed by atoms with Gasteiger partial charge in [-0.3, -0.25) is 19.3 Å². The van der Waals surface area contributed by atoms with E-state index in [9.17, 15) is 39.9 Å². The van der Waals surface area contributed by atoms with Gasteiger partial charge in [0, 0.05) is 28.0 Å². The molecule has 0 aromatic heterocycles. The summed E-state index contributed by atoms with van der Waals surface area (Å²) in [5, 5.41) is 54.5.